The summed E-state index contributed by atoms with van der Waals surface area (Å²) in [5.41, 5.74) is 2.99. The second-order valence-electron chi connectivity index (χ2n) is 9.53. The summed E-state index contributed by atoms with van der Waals surface area (Å²) in [6.45, 7) is 7.08. The number of rotatable bonds is 9. The van der Waals surface area contributed by atoms with Crippen LogP contribution in [-0.2, 0) is 17.7 Å². The number of aliphatic hydroxyl groups excluding tert-OH is 1. The average molecular weight is 514 g/mol. The Morgan fingerprint density at radius 2 is 1.94 bits per heavy atom. The van der Waals surface area contributed by atoms with Crippen molar-refractivity contribution in [1.29, 1.82) is 0 Å². The van der Waals surface area contributed by atoms with Crippen LogP contribution in [-0.4, -0.2) is 108 Å². The first kappa shape index (κ1) is 25.2. The quantitative estimate of drug-likeness (QED) is 0.418. The number of hydrogen-bond donors (Lipinski definition) is 3. The molecule has 0 spiro atoms. The molecule has 1 atom stereocenters. The highest BCUT2D eigenvalue weighted by Gasteiger charge is 2.24. The van der Waals surface area contributed by atoms with Crippen molar-refractivity contribution in [3.8, 4) is 0 Å². The lowest BCUT2D eigenvalue weighted by molar-refractivity contribution is 0.0209. The SMILES string of the molecule is CSN1CCN(c2nc(NC3COC3)cc(C(=O)NCC(O)CN3CCc4ccccc4C3)n2)CC1. The smallest absolute Gasteiger partial charge is 0.270 e. The Labute approximate surface area is 216 Å². The van der Waals surface area contributed by atoms with Crippen LogP contribution in [0.2, 0.25) is 0 Å². The highest BCUT2D eigenvalue weighted by atomic mass is 32.2. The molecule has 0 aliphatic carbocycles. The van der Waals surface area contributed by atoms with E-state index in [9.17, 15) is 9.90 Å². The number of aromatic nitrogens is 2. The summed E-state index contributed by atoms with van der Waals surface area (Å²) in [6.07, 6.45) is 2.40. The van der Waals surface area contributed by atoms with E-state index < -0.39 is 6.10 Å². The first-order chi connectivity index (χ1) is 17.6. The molecular formula is C25H35N7O3S. The number of amides is 1. The van der Waals surface area contributed by atoms with Crippen LogP contribution in [0.4, 0.5) is 11.8 Å². The highest BCUT2D eigenvalue weighted by Crippen LogP contribution is 2.20. The summed E-state index contributed by atoms with van der Waals surface area (Å²) >= 11 is 1.74. The van der Waals surface area contributed by atoms with Gasteiger partial charge < -0.3 is 25.4 Å². The Morgan fingerprint density at radius 3 is 2.67 bits per heavy atom. The number of piperazine rings is 1. The van der Waals surface area contributed by atoms with Gasteiger partial charge >= 0.3 is 0 Å². The standard InChI is InChI=1S/C25H35N7O3S/c1-36-32-10-8-31(9-11-32)25-28-22(12-23(29-25)27-20-16-35-17-20)24(34)26-13-21(33)15-30-7-6-18-4-2-3-5-19(18)14-30/h2-5,12,20-21,33H,6-11,13-17H2,1H3,(H,26,34)(H,27,28,29). The molecule has 3 aliphatic heterocycles. The zero-order valence-corrected chi connectivity index (χ0v) is 21.5. The van der Waals surface area contributed by atoms with Gasteiger partial charge in [-0.05, 0) is 23.8 Å². The van der Waals surface area contributed by atoms with Gasteiger partial charge in [-0.1, -0.05) is 36.2 Å². The lowest BCUT2D eigenvalue weighted by Gasteiger charge is -2.34. The van der Waals surface area contributed by atoms with E-state index in [2.05, 4.69) is 65.2 Å². The molecule has 5 rings (SSSR count). The summed E-state index contributed by atoms with van der Waals surface area (Å²) in [5, 5.41) is 16.9. The van der Waals surface area contributed by atoms with E-state index in [4.69, 9.17) is 4.74 Å². The average Bonchev–Trinajstić information content (AvgIpc) is 2.89. The Balaban J connectivity index is 1.20. The molecule has 1 aromatic carbocycles. The van der Waals surface area contributed by atoms with Gasteiger partial charge in [0.25, 0.3) is 5.91 Å². The van der Waals surface area contributed by atoms with Gasteiger partial charge in [0, 0.05) is 58.4 Å². The van der Waals surface area contributed by atoms with Crippen LogP contribution in [0.15, 0.2) is 30.3 Å². The van der Waals surface area contributed by atoms with Crippen molar-refractivity contribution < 1.29 is 14.6 Å². The number of ether oxygens (including phenoxy) is 1. The van der Waals surface area contributed by atoms with Crippen LogP contribution < -0.4 is 15.5 Å². The van der Waals surface area contributed by atoms with Gasteiger partial charge in [0.2, 0.25) is 5.95 Å². The van der Waals surface area contributed by atoms with E-state index in [0.717, 1.165) is 45.7 Å². The number of benzene rings is 1. The van der Waals surface area contributed by atoms with Crippen LogP contribution in [0.3, 0.4) is 0 Å². The molecule has 0 bridgehead atoms. The van der Waals surface area contributed by atoms with Gasteiger partial charge in [-0.3, -0.25) is 9.69 Å². The van der Waals surface area contributed by atoms with Crippen molar-refractivity contribution in [2.45, 2.75) is 25.1 Å². The number of carbonyl (C=O) groups excluding carboxylic acids is 1. The molecule has 194 valence electrons. The molecule has 0 radical (unpaired) electrons. The monoisotopic (exact) mass is 513 g/mol. The molecule has 3 N–H and O–H groups in total. The largest absolute Gasteiger partial charge is 0.390 e. The van der Waals surface area contributed by atoms with E-state index in [1.54, 1.807) is 18.0 Å². The molecule has 0 saturated carbocycles. The first-order valence-corrected chi connectivity index (χ1v) is 13.8. The summed E-state index contributed by atoms with van der Waals surface area (Å²) in [4.78, 5) is 26.7. The molecular weight excluding hydrogens is 478 g/mol. The number of nitrogens with zero attached hydrogens (tertiary/aromatic N) is 5. The van der Waals surface area contributed by atoms with Crippen LogP contribution in [0, 0.1) is 0 Å². The van der Waals surface area contributed by atoms with Gasteiger partial charge in [-0.25, -0.2) is 9.29 Å². The fourth-order valence-corrected chi connectivity index (χ4v) is 5.27. The first-order valence-electron chi connectivity index (χ1n) is 12.6. The van der Waals surface area contributed by atoms with E-state index in [1.807, 2.05) is 0 Å². The molecule has 1 aromatic heterocycles. The molecule has 2 saturated heterocycles. The molecule has 1 unspecified atom stereocenters. The van der Waals surface area contributed by atoms with Crippen molar-refractivity contribution in [3.05, 3.63) is 47.2 Å². The summed E-state index contributed by atoms with van der Waals surface area (Å²) in [5.74, 6) is 0.870. The van der Waals surface area contributed by atoms with E-state index in [-0.39, 0.29) is 18.5 Å². The minimum Gasteiger partial charge on any atom is -0.390 e. The third-order valence-corrected chi connectivity index (χ3v) is 7.78. The number of aliphatic hydroxyl groups is 1. The van der Waals surface area contributed by atoms with Crippen LogP contribution in [0.25, 0.3) is 0 Å². The van der Waals surface area contributed by atoms with E-state index in [0.29, 0.717) is 37.2 Å². The maximum atomic E-state index is 13.1. The van der Waals surface area contributed by atoms with Crippen molar-refractivity contribution in [2.24, 2.45) is 0 Å². The number of hydrogen-bond acceptors (Lipinski definition) is 10. The van der Waals surface area contributed by atoms with E-state index >= 15 is 0 Å². The zero-order valence-electron chi connectivity index (χ0n) is 20.7. The topological polar surface area (TPSA) is 106 Å². The maximum absolute atomic E-state index is 13.1. The van der Waals surface area contributed by atoms with Gasteiger partial charge in [-0.2, -0.15) is 4.98 Å². The molecule has 11 heteroatoms. The van der Waals surface area contributed by atoms with Crippen LogP contribution in [0.1, 0.15) is 21.6 Å². The van der Waals surface area contributed by atoms with Gasteiger partial charge in [0.1, 0.15) is 11.5 Å². The molecule has 10 nitrogen and oxygen atoms in total. The number of β-amino-alcohol motifs (C(OH)–C–C–N with tert-alkyl or cyclic N) is 1. The van der Waals surface area contributed by atoms with Crippen LogP contribution in [0.5, 0.6) is 0 Å². The highest BCUT2D eigenvalue weighted by molar-refractivity contribution is 7.96. The molecule has 2 aromatic rings. The molecule has 3 aliphatic rings. The predicted molar refractivity (Wildman–Crippen MR) is 141 cm³/mol. The van der Waals surface area contributed by atoms with Crippen LogP contribution >= 0.6 is 11.9 Å². The molecule has 1 amide bonds. The lowest BCUT2D eigenvalue weighted by atomic mass is 10.00. The Hall–Kier alpha value is -2.44. The minimum atomic E-state index is -0.662. The number of carbonyl (C=O) groups is 1. The summed E-state index contributed by atoms with van der Waals surface area (Å²) in [6, 6.07) is 10.3. The minimum absolute atomic E-state index is 0.169. The predicted octanol–water partition coefficient (Wildman–Crippen LogP) is 0.836. The Bertz CT molecular complexity index is 1050. The number of nitrogens with one attached hydrogen (secondary N) is 2. The lowest BCUT2D eigenvalue weighted by Crippen LogP contribution is -2.45. The van der Waals surface area contributed by atoms with Gasteiger partial charge in [0.15, 0.2) is 0 Å². The number of anilines is 2. The normalized spacial score (nSPS) is 19.9. The van der Waals surface area contributed by atoms with Crippen molar-refractivity contribution in [1.82, 2.24) is 24.5 Å². The molecule has 4 heterocycles. The number of fused-ring (bicyclic) bond motifs is 1. The van der Waals surface area contributed by atoms with Gasteiger partial charge in [-0.15, -0.1) is 0 Å². The Kier molecular flexibility index (Phi) is 8.22. The van der Waals surface area contributed by atoms with Crippen molar-refractivity contribution in [2.75, 3.05) is 75.5 Å². The second-order valence-corrected chi connectivity index (χ2v) is 10.4. The van der Waals surface area contributed by atoms with Crippen molar-refractivity contribution in [3.63, 3.8) is 0 Å². The maximum Gasteiger partial charge on any atom is 0.270 e. The third kappa shape index (κ3) is 6.27. The third-order valence-electron chi connectivity index (χ3n) is 6.89. The fraction of sp³-hybridized carbons (Fsp3) is 0.560. The summed E-state index contributed by atoms with van der Waals surface area (Å²) < 4.78 is 7.57. The van der Waals surface area contributed by atoms with Gasteiger partial charge in [0.05, 0.1) is 25.4 Å². The van der Waals surface area contributed by atoms with E-state index in [1.165, 1.54) is 11.1 Å². The molecule has 36 heavy (non-hydrogen) atoms. The second kappa shape index (κ2) is 11.7. The van der Waals surface area contributed by atoms with Crippen molar-refractivity contribution >= 4 is 29.6 Å². The summed E-state index contributed by atoms with van der Waals surface area (Å²) in [7, 11) is 0. The zero-order chi connectivity index (χ0) is 24.9. The fourth-order valence-electron chi connectivity index (χ4n) is 4.74. The molecule has 2 fully saturated rings. The Morgan fingerprint density at radius 1 is 1.17 bits per heavy atom.